The van der Waals surface area contributed by atoms with Gasteiger partial charge in [0.2, 0.25) is 5.91 Å². The zero-order valence-electron chi connectivity index (χ0n) is 35.9. The lowest BCUT2D eigenvalue weighted by Gasteiger charge is -2.58. The van der Waals surface area contributed by atoms with Crippen LogP contribution in [0.25, 0.3) is 33.4 Å². The molecule has 3 unspecified atom stereocenters. The summed E-state index contributed by atoms with van der Waals surface area (Å²) in [6, 6.07) is 29.3. The number of hydrogen-bond donors (Lipinski definition) is 3. The van der Waals surface area contributed by atoms with E-state index >= 15 is 0 Å². The molecular formula is C52H65N5O2. The van der Waals surface area contributed by atoms with Crippen molar-refractivity contribution in [3.63, 3.8) is 0 Å². The van der Waals surface area contributed by atoms with Gasteiger partial charge in [0.05, 0.1) is 17.2 Å². The Balaban J connectivity index is 0.000000684. The zero-order valence-corrected chi connectivity index (χ0v) is 35.9. The summed E-state index contributed by atoms with van der Waals surface area (Å²) in [6.45, 7) is 11.0. The van der Waals surface area contributed by atoms with Gasteiger partial charge >= 0.3 is 0 Å². The number of fused-ring (bicyclic) bond motifs is 3. The van der Waals surface area contributed by atoms with Crippen LogP contribution in [-0.2, 0) is 11.3 Å². The van der Waals surface area contributed by atoms with Crippen molar-refractivity contribution in [3.8, 4) is 34.2 Å². The molecule has 4 N–H and O–H groups in total. The van der Waals surface area contributed by atoms with E-state index in [2.05, 4.69) is 115 Å². The fourth-order valence-electron chi connectivity index (χ4n) is 11.7. The number of nitrogens with one attached hydrogen (secondary N) is 1. The Morgan fingerprint density at radius 1 is 0.881 bits per heavy atom. The highest BCUT2D eigenvalue weighted by atomic mass is 16.3. The van der Waals surface area contributed by atoms with Gasteiger partial charge in [0.25, 0.3) is 0 Å². The van der Waals surface area contributed by atoms with Crippen molar-refractivity contribution in [2.24, 2.45) is 22.2 Å². The predicted octanol–water partition coefficient (Wildman–Crippen LogP) is 11.4. The molecule has 0 saturated heterocycles. The number of hydrogen-bond acceptors (Lipinski definition) is 5. The molecule has 3 aliphatic rings. The number of benzene rings is 3. The lowest BCUT2D eigenvalue weighted by Crippen LogP contribution is -2.49. The summed E-state index contributed by atoms with van der Waals surface area (Å²) in [5.41, 5.74) is 14.6. The maximum Gasteiger partial charge on any atom is 0.220 e. The number of amides is 1. The first-order valence-electron chi connectivity index (χ1n) is 22.2. The summed E-state index contributed by atoms with van der Waals surface area (Å²) in [5.74, 6) is 8.18. The van der Waals surface area contributed by atoms with E-state index in [0.717, 1.165) is 89.6 Å². The van der Waals surface area contributed by atoms with Crippen LogP contribution >= 0.6 is 0 Å². The molecule has 0 radical (unpaired) electrons. The number of carbonyl (C=O) groups excluding carboxylic acids is 1. The fourth-order valence-corrected chi connectivity index (χ4v) is 11.7. The third kappa shape index (κ3) is 10.6. The summed E-state index contributed by atoms with van der Waals surface area (Å²) < 4.78 is 2.26. The van der Waals surface area contributed by atoms with Gasteiger partial charge in [-0.05, 0) is 109 Å². The van der Waals surface area contributed by atoms with E-state index in [0.29, 0.717) is 35.5 Å². The van der Waals surface area contributed by atoms with Crippen LogP contribution < -0.4 is 11.1 Å². The smallest absolute Gasteiger partial charge is 0.220 e. The van der Waals surface area contributed by atoms with Crippen LogP contribution in [0.4, 0.5) is 5.82 Å². The topological polar surface area (TPSA) is 106 Å². The largest absolute Gasteiger partial charge is 0.393 e. The molecule has 3 saturated carbocycles. The van der Waals surface area contributed by atoms with E-state index in [1.165, 1.54) is 44.9 Å². The molecule has 3 aliphatic carbocycles. The number of aromatic nitrogens is 3. The second kappa shape index (κ2) is 18.6. The highest BCUT2D eigenvalue weighted by Crippen LogP contribution is 2.63. The number of nitrogens with two attached hydrogens (primary N) is 1. The van der Waals surface area contributed by atoms with Gasteiger partial charge in [-0.2, -0.15) is 0 Å². The maximum absolute atomic E-state index is 13.2. The Morgan fingerprint density at radius 2 is 1.61 bits per heavy atom. The van der Waals surface area contributed by atoms with E-state index in [1.54, 1.807) is 6.33 Å². The van der Waals surface area contributed by atoms with Gasteiger partial charge in [-0.15, -0.1) is 0 Å². The summed E-state index contributed by atoms with van der Waals surface area (Å²) in [4.78, 5) is 22.3. The second-order valence-corrected chi connectivity index (χ2v) is 19.3. The number of aliphatic hydroxyl groups excluding tert-OH is 1. The molecule has 3 aromatic carbocycles. The molecule has 3 atom stereocenters. The van der Waals surface area contributed by atoms with Gasteiger partial charge in [0.15, 0.2) is 0 Å². The average Bonchev–Trinajstić information content (AvgIpc) is 3.52. The molecule has 0 aliphatic heterocycles. The predicted molar refractivity (Wildman–Crippen MR) is 242 cm³/mol. The summed E-state index contributed by atoms with van der Waals surface area (Å²) >= 11 is 0. The number of unbranched alkanes of at least 4 members (excludes halogenated alkanes) is 2. The minimum Gasteiger partial charge on any atom is -0.393 e. The molecule has 2 heterocycles. The third-order valence-corrected chi connectivity index (χ3v) is 12.8. The lowest BCUT2D eigenvalue weighted by molar-refractivity contribution is -0.131. The summed E-state index contributed by atoms with van der Waals surface area (Å²) in [5, 5.41) is 13.0. The summed E-state index contributed by atoms with van der Waals surface area (Å²) in [6.07, 6.45) is 17.0. The average molecular weight is 792 g/mol. The zero-order chi connectivity index (χ0) is 41.5. The number of rotatable bonds is 10. The van der Waals surface area contributed by atoms with Crippen LogP contribution in [0.15, 0.2) is 91.3 Å². The normalized spacial score (nSPS) is 22.4. The molecule has 7 heteroatoms. The van der Waals surface area contributed by atoms with E-state index in [9.17, 15) is 4.79 Å². The van der Waals surface area contributed by atoms with Crippen molar-refractivity contribution < 1.29 is 9.90 Å². The highest BCUT2D eigenvalue weighted by molar-refractivity contribution is 6.07. The number of aliphatic hydroxyl groups is 1. The Kier molecular flexibility index (Phi) is 13.3. The van der Waals surface area contributed by atoms with Crippen LogP contribution in [0.3, 0.4) is 0 Å². The monoisotopic (exact) mass is 792 g/mol. The first kappa shape index (κ1) is 42.2. The minimum absolute atomic E-state index is 0.0359. The van der Waals surface area contributed by atoms with Crippen LogP contribution in [0.2, 0.25) is 0 Å². The molecule has 0 spiro atoms. The van der Waals surface area contributed by atoms with Crippen molar-refractivity contribution in [3.05, 3.63) is 102 Å². The Hall–Kier alpha value is -4.93. The van der Waals surface area contributed by atoms with E-state index < -0.39 is 0 Å². The van der Waals surface area contributed by atoms with E-state index in [-0.39, 0.29) is 17.4 Å². The van der Waals surface area contributed by atoms with Crippen molar-refractivity contribution in [1.29, 1.82) is 0 Å². The van der Waals surface area contributed by atoms with Crippen LogP contribution in [0, 0.1) is 34.0 Å². The molecule has 1 amide bonds. The van der Waals surface area contributed by atoms with Gasteiger partial charge in [-0.1, -0.05) is 132 Å². The van der Waals surface area contributed by atoms with Crippen molar-refractivity contribution in [2.75, 3.05) is 12.3 Å². The van der Waals surface area contributed by atoms with Gasteiger partial charge in [0, 0.05) is 37.1 Å². The molecular weight excluding hydrogens is 727 g/mol. The van der Waals surface area contributed by atoms with Crippen LogP contribution in [0.1, 0.15) is 129 Å². The first-order valence-corrected chi connectivity index (χ1v) is 22.2. The molecule has 8 rings (SSSR count). The van der Waals surface area contributed by atoms with E-state index in [4.69, 9.17) is 15.8 Å². The first-order chi connectivity index (χ1) is 28.4. The van der Waals surface area contributed by atoms with Crippen molar-refractivity contribution in [2.45, 2.75) is 130 Å². The number of nitrogens with zero attached hydrogens (tertiary/aromatic N) is 3. The van der Waals surface area contributed by atoms with Gasteiger partial charge in [-0.3, -0.25) is 4.79 Å². The Bertz CT molecular complexity index is 2240. The van der Waals surface area contributed by atoms with Gasteiger partial charge < -0.3 is 20.7 Å². The number of anilines is 1. The third-order valence-electron chi connectivity index (χ3n) is 12.8. The number of nitrogen functional groups attached to an aromatic ring is 1. The van der Waals surface area contributed by atoms with Gasteiger partial charge in [-0.25, -0.2) is 9.97 Å². The molecule has 59 heavy (non-hydrogen) atoms. The SMILES string of the molecule is CC1CC2(C)CC(C)(C)CC(CC(=O)NCCCCC#Cc3cccc(Cn4c(-c5ccccc5)c(-c5ccccc5)c5c(N)ncnc54)c3)(C1)C2.OC1CCCCC1. The number of carbonyl (C=O) groups is 1. The molecule has 3 fully saturated rings. The fraction of sp³-hybridized carbons (Fsp3) is 0.481. The Labute approximate surface area is 352 Å². The maximum atomic E-state index is 13.2. The van der Waals surface area contributed by atoms with Crippen LogP contribution in [-0.4, -0.2) is 38.2 Å². The quantitative estimate of drug-likeness (QED) is 0.0965. The van der Waals surface area contributed by atoms with Crippen LogP contribution in [0.5, 0.6) is 0 Å². The lowest BCUT2D eigenvalue weighted by atomic mass is 9.47. The molecule has 5 aromatic rings. The van der Waals surface area contributed by atoms with E-state index in [1.807, 2.05) is 24.3 Å². The summed E-state index contributed by atoms with van der Waals surface area (Å²) in [7, 11) is 0. The standard InChI is InChI=1S/C46H53N5O.C6H12O/c1-33-25-45(4)29-44(2,3)30-46(26-33,31-45)27-38(52)48-23-14-6-5-9-16-34-17-15-18-35(24-34)28-51-41(37-21-12-8-13-22-37)39(36-19-10-7-11-20-36)40-42(47)49-32-50-43(40)51;7-6-4-2-1-3-5-6/h7-8,10-13,15,17-22,24,32-33H,5-6,14,23,25-31H2,1-4H3,(H,48,52)(H2,47,49,50);6-7H,1-5H2. The van der Waals surface area contributed by atoms with Crippen molar-refractivity contribution in [1.82, 2.24) is 19.9 Å². The molecule has 310 valence electrons. The second-order valence-electron chi connectivity index (χ2n) is 19.3. The Morgan fingerprint density at radius 3 is 2.32 bits per heavy atom. The highest BCUT2D eigenvalue weighted by Gasteiger charge is 2.53. The molecule has 2 bridgehead atoms. The van der Waals surface area contributed by atoms with Gasteiger partial charge in [0.1, 0.15) is 17.8 Å². The molecule has 2 aromatic heterocycles. The minimum atomic E-state index is 0.0359. The van der Waals surface area contributed by atoms with Crippen molar-refractivity contribution >= 4 is 22.8 Å². The molecule has 7 nitrogen and oxygen atoms in total.